The molecule has 0 atom stereocenters. The third kappa shape index (κ3) is 6.18. The summed E-state index contributed by atoms with van der Waals surface area (Å²) in [5.41, 5.74) is 1.73. The van der Waals surface area contributed by atoms with Gasteiger partial charge in [-0.2, -0.15) is 4.31 Å². The number of sulfonamides is 1. The number of carbonyl (C=O) groups is 1. The Hall–Kier alpha value is -2.30. The Morgan fingerprint density at radius 2 is 1.58 bits per heavy atom. The van der Waals surface area contributed by atoms with Crippen molar-refractivity contribution < 1.29 is 22.7 Å². The molecule has 2 aliphatic rings. The van der Waals surface area contributed by atoms with Crippen molar-refractivity contribution >= 4 is 21.6 Å². The van der Waals surface area contributed by atoms with Gasteiger partial charge in [0.15, 0.2) is 0 Å². The van der Waals surface area contributed by atoms with Crippen molar-refractivity contribution in [3.8, 4) is 0 Å². The molecule has 9 heteroatoms. The second-order valence-corrected chi connectivity index (χ2v) is 10.1. The van der Waals surface area contributed by atoms with Gasteiger partial charge < -0.3 is 14.8 Å². The van der Waals surface area contributed by atoms with Crippen LogP contribution >= 0.6 is 0 Å². The van der Waals surface area contributed by atoms with Gasteiger partial charge in [0.25, 0.3) is 5.91 Å². The normalized spacial score (nSPS) is 18.2. The van der Waals surface area contributed by atoms with Crippen molar-refractivity contribution in [3.05, 3.63) is 59.7 Å². The minimum absolute atomic E-state index is 0.215. The molecule has 2 aromatic carbocycles. The van der Waals surface area contributed by atoms with Crippen LogP contribution in [0.15, 0.2) is 53.4 Å². The quantitative estimate of drug-likeness (QED) is 0.633. The third-order valence-corrected chi connectivity index (χ3v) is 7.95. The fraction of sp³-hybridized carbons (Fsp3) is 0.458. The highest BCUT2D eigenvalue weighted by Gasteiger charge is 2.29. The largest absolute Gasteiger partial charge is 0.379 e. The van der Waals surface area contributed by atoms with E-state index in [4.69, 9.17) is 9.47 Å². The summed E-state index contributed by atoms with van der Waals surface area (Å²) in [6, 6.07) is 14.1. The number of nitrogens with zero attached hydrogens (tertiary/aromatic N) is 2. The molecule has 4 rings (SSSR count). The molecule has 0 spiro atoms. The summed E-state index contributed by atoms with van der Waals surface area (Å²) in [6.45, 7) is 5.54. The highest BCUT2D eigenvalue weighted by atomic mass is 32.2. The highest BCUT2D eigenvalue weighted by molar-refractivity contribution is 7.89. The van der Waals surface area contributed by atoms with E-state index in [1.807, 2.05) is 18.2 Å². The van der Waals surface area contributed by atoms with Gasteiger partial charge in [0.05, 0.1) is 31.3 Å². The summed E-state index contributed by atoms with van der Waals surface area (Å²) in [5, 5.41) is 2.84. The van der Waals surface area contributed by atoms with E-state index in [-0.39, 0.29) is 10.8 Å². The number of anilines is 1. The average Bonchev–Trinajstić information content (AvgIpc) is 2.86. The topological polar surface area (TPSA) is 88.2 Å². The lowest BCUT2D eigenvalue weighted by molar-refractivity contribution is 0.0374. The molecule has 0 aliphatic carbocycles. The van der Waals surface area contributed by atoms with E-state index in [9.17, 15) is 13.2 Å². The molecular weight excluding hydrogens is 442 g/mol. The zero-order valence-corrected chi connectivity index (χ0v) is 19.6. The number of morpholine rings is 2. The molecule has 0 bridgehead atoms. The fourth-order valence-corrected chi connectivity index (χ4v) is 5.80. The van der Waals surface area contributed by atoms with Crippen molar-refractivity contribution in [1.82, 2.24) is 9.21 Å². The molecule has 2 heterocycles. The molecule has 33 heavy (non-hydrogen) atoms. The van der Waals surface area contributed by atoms with Crippen LogP contribution in [-0.4, -0.2) is 82.7 Å². The van der Waals surface area contributed by atoms with Gasteiger partial charge in [-0.05, 0) is 49.2 Å². The minimum Gasteiger partial charge on any atom is -0.379 e. The van der Waals surface area contributed by atoms with Crippen molar-refractivity contribution in [2.24, 2.45) is 0 Å². The summed E-state index contributed by atoms with van der Waals surface area (Å²) in [7, 11) is -3.74. The molecule has 2 fully saturated rings. The second-order valence-electron chi connectivity index (χ2n) is 8.22. The van der Waals surface area contributed by atoms with Crippen molar-refractivity contribution in [2.75, 3.05) is 64.5 Å². The number of hydrogen-bond acceptors (Lipinski definition) is 6. The van der Waals surface area contributed by atoms with E-state index in [2.05, 4.69) is 10.2 Å². The number of nitrogens with one attached hydrogen (secondary N) is 1. The summed E-state index contributed by atoms with van der Waals surface area (Å²) in [4.78, 5) is 15.4. The minimum atomic E-state index is -3.74. The molecular formula is C24H31N3O5S. The highest BCUT2D eigenvalue weighted by Crippen LogP contribution is 2.25. The van der Waals surface area contributed by atoms with Crippen molar-refractivity contribution in [1.29, 1.82) is 0 Å². The molecule has 2 aliphatic heterocycles. The smallest absolute Gasteiger partial charge is 0.255 e. The standard InChI is InChI=1S/C24H31N3O5S/c28-24(25-22-6-2-1-3-7-22)21-9-8-20(5-4-10-26-11-15-31-16-12-26)23(19-21)33(29,30)27-13-17-32-18-14-27/h1-3,6-9,19H,4-5,10-18H2,(H,25,28). The number of hydrogen-bond donors (Lipinski definition) is 1. The van der Waals surface area contributed by atoms with E-state index in [1.54, 1.807) is 24.3 Å². The van der Waals surface area contributed by atoms with Gasteiger partial charge >= 0.3 is 0 Å². The Kier molecular flexibility index (Phi) is 8.11. The average molecular weight is 474 g/mol. The third-order valence-electron chi connectivity index (χ3n) is 5.97. The predicted octanol–water partition coefficient (Wildman–Crippen LogP) is 2.22. The summed E-state index contributed by atoms with van der Waals surface area (Å²) >= 11 is 0. The Bertz CT molecular complexity index is 1030. The van der Waals surface area contributed by atoms with Gasteiger partial charge in [-0.3, -0.25) is 9.69 Å². The van der Waals surface area contributed by atoms with E-state index in [0.29, 0.717) is 44.0 Å². The van der Waals surface area contributed by atoms with Crippen LogP contribution in [0.4, 0.5) is 5.69 Å². The van der Waals surface area contributed by atoms with Gasteiger partial charge in [0, 0.05) is 37.4 Å². The van der Waals surface area contributed by atoms with Gasteiger partial charge in [0.1, 0.15) is 0 Å². The molecule has 1 amide bonds. The van der Waals surface area contributed by atoms with Crippen LogP contribution in [0.5, 0.6) is 0 Å². The van der Waals surface area contributed by atoms with Crippen LogP contribution in [0, 0.1) is 0 Å². The number of para-hydroxylation sites is 1. The molecule has 0 radical (unpaired) electrons. The van der Waals surface area contributed by atoms with E-state index >= 15 is 0 Å². The number of carbonyl (C=O) groups excluding carboxylic acids is 1. The van der Waals surface area contributed by atoms with Crippen LogP contribution in [0.25, 0.3) is 0 Å². The first-order valence-corrected chi connectivity index (χ1v) is 12.9. The first kappa shape index (κ1) is 23.8. The maximum atomic E-state index is 13.5. The van der Waals surface area contributed by atoms with Gasteiger partial charge in [0.2, 0.25) is 10.0 Å². The van der Waals surface area contributed by atoms with Gasteiger partial charge in [-0.25, -0.2) is 8.42 Å². The second kappa shape index (κ2) is 11.2. The van der Waals surface area contributed by atoms with E-state index in [0.717, 1.165) is 44.8 Å². The van der Waals surface area contributed by atoms with Crippen LogP contribution in [0.3, 0.4) is 0 Å². The number of rotatable bonds is 8. The maximum Gasteiger partial charge on any atom is 0.255 e. The van der Waals surface area contributed by atoms with Crippen molar-refractivity contribution in [2.45, 2.75) is 17.7 Å². The monoisotopic (exact) mass is 473 g/mol. The summed E-state index contributed by atoms with van der Waals surface area (Å²) < 4.78 is 39.2. The molecule has 8 nitrogen and oxygen atoms in total. The van der Waals surface area contributed by atoms with Crippen LogP contribution < -0.4 is 5.32 Å². The molecule has 0 saturated carbocycles. The van der Waals surface area contributed by atoms with E-state index in [1.165, 1.54) is 10.4 Å². The number of ether oxygens (including phenoxy) is 2. The number of benzene rings is 2. The Morgan fingerprint density at radius 1 is 0.909 bits per heavy atom. The molecule has 0 unspecified atom stereocenters. The summed E-state index contributed by atoms with van der Waals surface area (Å²) in [5.74, 6) is -0.334. The molecule has 178 valence electrons. The SMILES string of the molecule is O=C(Nc1ccccc1)c1ccc(CCCN2CCOCC2)c(S(=O)(=O)N2CCOCC2)c1. The molecule has 2 aromatic rings. The lowest BCUT2D eigenvalue weighted by Gasteiger charge is -2.28. The lowest BCUT2D eigenvalue weighted by atomic mass is 10.1. The van der Waals surface area contributed by atoms with Gasteiger partial charge in [-0.1, -0.05) is 24.3 Å². The number of amides is 1. The lowest BCUT2D eigenvalue weighted by Crippen LogP contribution is -2.41. The summed E-state index contributed by atoms with van der Waals surface area (Å²) in [6.07, 6.45) is 1.46. The molecule has 2 saturated heterocycles. The number of aryl methyl sites for hydroxylation is 1. The fourth-order valence-electron chi connectivity index (χ4n) is 4.11. The Balaban J connectivity index is 1.55. The first-order valence-electron chi connectivity index (χ1n) is 11.4. The zero-order valence-electron chi connectivity index (χ0n) is 18.7. The zero-order chi connectivity index (χ0) is 23.1. The Labute approximate surface area is 195 Å². The van der Waals surface area contributed by atoms with Crippen LogP contribution in [-0.2, 0) is 25.9 Å². The van der Waals surface area contributed by atoms with Crippen molar-refractivity contribution in [3.63, 3.8) is 0 Å². The van der Waals surface area contributed by atoms with Crippen LogP contribution in [0.2, 0.25) is 0 Å². The van der Waals surface area contributed by atoms with Crippen LogP contribution in [0.1, 0.15) is 22.3 Å². The Morgan fingerprint density at radius 3 is 2.27 bits per heavy atom. The molecule has 1 N–H and O–H groups in total. The molecule has 0 aromatic heterocycles. The maximum absolute atomic E-state index is 13.5. The first-order chi connectivity index (χ1) is 16.0. The predicted molar refractivity (Wildman–Crippen MR) is 126 cm³/mol. The van der Waals surface area contributed by atoms with Gasteiger partial charge in [-0.15, -0.1) is 0 Å². The van der Waals surface area contributed by atoms with E-state index < -0.39 is 10.0 Å².